The van der Waals surface area contributed by atoms with Gasteiger partial charge in [-0.3, -0.25) is 0 Å². The Balaban J connectivity index is 1.42. The minimum Gasteiger partial charge on any atom is -0.453 e. The fourth-order valence-electron chi connectivity index (χ4n) is 4.91. The van der Waals surface area contributed by atoms with E-state index in [0.717, 1.165) is 17.8 Å². The van der Waals surface area contributed by atoms with Crippen molar-refractivity contribution in [2.45, 2.75) is 52.7 Å². The Morgan fingerprint density at radius 1 is 1.00 bits per heavy atom. The summed E-state index contributed by atoms with van der Waals surface area (Å²) in [5.74, 6) is 1.38. The number of nitrogens with zero attached hydrogens (tertiary/aromatic N) is 2. The van der Waals surface area contributed by atoms with Crippen LogP contribution in [0.25, 0.3) is 0 Å². The molecular formula is C26H26F3N3O3S2. The summed E-state index contributed by atoms with van der Waals surface area (Å²) >= 11 is -0.231. The van der Waals surface area contributed by atoms with E-state index in [9.17, 15) is 22.5 Å². The van der Waals surface area contributed by atoms with Crippen molar-refractivity contribution in [1.82, 2.24) is 4.72 Å². The third kappa shape index (κ3) is 5.31. The van der Waals surface area contributed by atoms with Crippen LogP contribution in [0.3, 0.4) is 0 Å². The third-order valence-corrected chi connectivity index (χ3v) is 9.35. The van der Waals surface area contributed by atoms with Crippen molar-refractivity contribution >= 4 is 33.1 Å². The number of nitrogens with one attached hydrogen (secondary N) is 1. The molecule has 0 radical (unpaired) electrons. The van der Waals surface area contributed by atoms with Crippen molar-refractivity contribution in [2.24, 2.45) is 4.36 Å². The third-order valence-electron chi connectivity index (χ3n) is 6.57. The first kappa shape index (κ1) is 25.9. The molecule has 1 heterocycles. The first-order valence-electron chi connectivity index (χ1n) is 11.8. The maximum atomic E-state index is 13.8. The van der Waals surface area contributed by atoms with E-state index in [1.807, 2.05) is 48.5 Å². The summed E-state index contributed by atoms with van der Waals surface area (Å²) in [4.78, 5) is 2.34. The van der Waals surface area contributed by atoms with E-state index in [2.05, 4.69) is 14.0 Å². The van der Waals surface area contributed by atoms with E-state index in [4.69, 9.17) is 4.74 Å². The smallest absolute Gasteiger partial charge is 0.446 e. The summed E-state index contributed by atoms with van der Waals surface area (Å²) in [6.07, 6.45) is 1.13. The summed E-state index contributed by atoms with van der Waals surface area (Å²) in [6, 6.07) is 19.7. The van der Waals surface area contributed by atoms with Crippen LogP contribution in [-0.4, -0.2) is 40.1 Å². The minimum absolute atomic E-state index is 0.00323. The van der Waals surface area contributed by atoms with Crippen LogP contribution in [0.1, 0.15) is 19.3 Å². The summed E-state index contributed by atoms with van der Waals surface area (Å²) in [7, 11) is -1.79. The Bertz CT molecular complexity index is 1350. The standard InChI is InChI=1S/C26H26F3N3O3S2/c1-30-37(34,18-15-13-17(14-16-18)36-26(27,28)29)31-19-7-6-10-22(25(19)33)32-20-8-2-4-11-23(20)35-24-12-5-3-9-21(24)32/h2-5,8-9,11-16,19,22,25,33H,6-7,10H2,1H3,(H,30,31,34). The Morgan fingerprint density at radius 2 is 1.59 bits per heavy atom. The molecule has 0 spiro atoms. The maximum absolute atomic E-state index is 13.8. The summed E-state index contributed by atoms with van der Waals surface area (Å²) in [5, 5.41) is 11.6. The summed E-state index contributed by atoms with van der Waals surface area (Å²) in [6.45, 7) is 0. The molecule has 2 aliphatic rings. The Labute approximate surface area is 218 Å². The van der Waals surface area contributed by atoms with Gasteiger partial charge in [0.15, 0.2) is 11.5 Å². The second kappa shape index (κ2) is 10.2. The number of aliphatic hydroxyl groups is 1. The van der Waals surface area contributed by atoms with Gasteiger partial charge in [-0.25, -0.2) is 13.3 Å². The number of aliphatic hydroxyl groups excluding tert-OH is 1. The molecule has 0 aromatic heterocycles. The number of hydrogen-bond donors (Lipinski definition) is 2. The number of fused-ring (bicyclic) bond motifs is 2. The Morgan fingerprint density at radius 3 is 2.16 bits per heavy atom. The van der Waals surface area contributed by atoms with Crippen LogP contribution in [0.2, 0.25) is 0 Å². The summed E-state index contributed by atoms with van der Waals surface area (Å²) < 4.78 is 65.1. The molecule has 1 aliphatic carbocycles. The van der Waals surface area contributed by atoms with Gasteiger partial charge in [0, 0.05) is 18.0 Å². The van der Waals surface area contributed by atoms with E-state index in [1.165, 1.54) is 31.3 Å². The molecule has 3 aromatic carbocycles. The van der Waals surface area contributed by atoms with Gasteiger partial charge in [0.25, 0.3) is 0 Å². The van der Waals surface area contributed by atoms with E-state index in [0.29, 0.717) is 24.3 Å². The van der Waals surface area contributed by atoms with Crippen molar-refractivity contribution in [3.63, 3.8) is 0 Å². The maximum Gasteiger partial charge on any atom is 0.446 e. The van der Waals surface area contributed by atoms with Crippen molar-refractivity contribution in [2.75, 3.05) is 11.9 Å². The molecule has 4 unspecified atom stereocenters. The number of benzene rings is 3. The normalized spacial score (nSPS) is 22.8. The van der Waals surface area contributed by atoms with Crippen LogP contribution in [-0.2, 0) is 9.92 Å². The highest BCUT2D eigenvalue weighted by molar-refractivity contribution is 8.00. The van der Waals surface area contributed by atoms with E-state index in [1.54, 1.807) is 0 Å². The van der Waals surface area contributed by atoms with Crippen LogP contribution in [0.4, 0.5) is 24.5 Å². The van der Waals surface area contributed by atoms with Crippen molar-refractivity contribution in [3.8, 4) is 11.5 Å². The number of thioether (sulfide) groups is 1. The molecule has 2 N–H and O–H groups in total. The fourth-order valence-corrected chi connectivity index (χ4v) is 7.08. The zero-order chi connectivity index (χ0) is 26.2. The zero-order valence-electron chi connectivity index (χ0n) is 19.9. The van der Waals surface area contributed by atoms with Crippen LogP contribution in [0, 0.1) is 0 Å². The lowest BCUT2D eigenvalue weighted by molar-refractivity contribution is -0.0328. The number of hydrogen-bond acceptors (Lipinski definition) is 6. The quantitative estimate of drug-likeness (QED) is 0.356. The number of rotatable bonds is 5. The molecule has 5 rings (SSSR count). The lowest BCUT2D eigenvalue weighted by atomic mass is 9.86. The molecule has 1 aliphatic heterocycles. The number of para-hydroxylation sites is 4. The lowest BCUT2D eigenvalue weighted by Crippen LogP contribution is -2.56. The highest BCUT2D eigenvalue weighted by Crippen LogP contribution is 2.49. The lowest BCUT2D eigenvalue weighted by Gasteiger charge is -2.45. The van der Waals surface area contributed by atoms with Gasteiger partial charge in [0.1, 0.15) is 9.92 Å². The van der Waals surface area contributed by atoms with Crippen molar-refractivity contribution < 1.29 is 27.2 Å². The van der Waals surface area contributed by atoms with Crippen LogP contribution < -0.4 is 14.4 Å². The van der Waals surface area contributed by atoms with Crippen LogP contribution >= 0.6 is 11.8 Å². The van der Waals surface area contributed by atoms with E-state index >= 15 is 0 Å². The minimum atomic E-state index is -4.41. The Kier molecular flexibility index (Phi) is 7.14. The SMILES string of the molecule is CN=S(=O)(NC1CCCC(N2c3ccccc3Oc3ccccc32)C1O)c1ccc(SC(F)(F)F)cc1. The van der Waals surface area contributed by atoms with Crippen LogP contribution in [0.5, 0.6) is 11.5 Å². The van der Waals surface area contributed by atoms with Crippen molar-refractivity contribution in [3.05, 3.63) is 72.8 Å². The molecule has 0 bridgehead atoms. The van der Waals surface area contributed by atoms with Gasteiger partial charge < -0.3 is 14.7 Å². The molecule has 3 aromatic rings. The molecule has 0 amide bonds. The molecule has 4 atom stereocenters. The van der Waals surface area contributed by atoms with Gasteiger partial charge in [0.2, 0.25) is 0 Å². The number of halogens is 3. The highest BCUT2D eigenvalue weighted by atomic mass is 32.2. The number of ether oxygens (including phenoxy) is 1. The van der Waals surface area contributed by atoms with Gasteiger partial charge >= 0.3 is 5.51 Å². The summed E-state index contributed by atoms with van der Waals surface area (Å²) in [5.41, 5.74) is -2.73. The van der Waals surface area contributed by atoms with Gasteiger partial charge in [0.05, 0.1) is 28.4 Å². The largest absolute Gasteiger partial charge is 0.453 e. The predicted molar refractivity (Wildman–Crippen MR) is 139 cm³/mol. The van der Waals surface area contributed by atoms with E-state index in [-0.39, 0.29) is 27.6 Å². The molecule has 6 nitrogen and oxygen atoms in total. The highest BCUT2D eigenvalue weighted by Gasteiger charge is 2.40. The fraction of sp³-hybridized carbons (Fsp3) is 0.308. The predicted octanol–water partition coefficient (Wildman–Crippen LogP) is 6.49. The average Bonchev–Trinajstić information content (AvgIpc) is 2.88. The molecule has 196 valence electrons. The van der Waals surface area contributed by atoms with Gasteiger partial charge in [-0.2, -0.15) is 13.2 Å². The Hall–Kier alpha value is -2.73. The topological polar surface area (TPSA) is 74.2 Å². The zero-order valence-corrected chi connectivity index (χ0v) is 21.5. The molecule has 1 saturated carbocycles. The first-order chi connectivity index (χ1) is 17.7. The molecule has 1 fully saturated rings. The molecule has 0 saturated heterocycles. The second-order valence-electron chi connectivity index (χ2n) is 8.85. The molecular weight excluding hydrogens is 523 g/mol. The molecule has 37 heavy (non-hydrogen) atoms. The van der Waals surface area contributed by atoms with Gasteiger partial charge in [-0.05, 0) is 79.6 Å². The monoisotopic (exact) mass is 549 g/mol. The van der Waals surface area contributed by atoms with Crippen molar-refractivity contribution in [1.29, 1.82) is 0 Å². The second-order valence-corrected chi connectivity index (χ2v) is 12.1. The van der Waals surface area contributed by atoms with Gasteiger partial charge in [-0.1, -0.05) is 24.3 Å². The molecule has 11 heteroatoms. The first-order valence-corrected chi connectivity index (χ1v) is 14.1. The average molecular weight is 550 g/mol. The number of anilines is 2. The van der Waals surface area contributed by atoms with Gasteiger partial charge in [-0.15, -0.1) is 0 Å². The number of alkyl halides is 3. The van der Waals surface area contributed by atoms with Crippen LogP contribution in [0.15, 0.2) is 87.0 Å². The van der Waals surface area contributed by atoms with E-state index < -0.39 is 27.6 Å².